The van der Waals surface area contributed by atoms with Crippen molar-refractivity contribution < 1.29 is 5.11 Å². The van der Waals surface area contributed by atoms with Gasteiger partial charge in [0.05, 0.1) is 0 Å². The SMILES string of the molecule is CC(C)(N)C(CCO)c1cccs1. The average molecular weight is 199 g/mol. The zero-order chi connectivity index (χ0) is 9.90. The molecule has 0 aromatic carbocycles. The van der Waals surface area contributed by atoms with E-state index in [2.05, 4.69) is 6.07 Å². The first-order valence-electron chi connectivity index (χ1n) is 4.49. The number of aliphatic hydroxyl groups excluding tert-OH is 1. The molecule has 1 atom stereocenters. The third-order valence-corrected chi connectivity index (χ3v) is 3.19. The van der Waals surface area contributed by atoms with Gasteiger partial charge in [0.25, 0.3) is 0 Å². The summed E-state index contributed by atoms with van der Waals surface area (Å²) in [5.41, 5.74) is 5.80. The molecule has 1 aromatic rings. The number of hydrogen-bond donors (Lipinski definition) is 2. The number of thiophene rings is 1. The van der Waals surface area contributed by atoms with Crippen LogP contribution in [0.1, 0.15) is 31.1 Å². The van der Waals surface area contributed by atoms with Crippen LogP contribution in [0.2, 0.25) is 0 Å². The third kappa shape index (κ3) is 2.79. The van der Waals surface area contributed by atoms with Crippen LogP contribution in [-0.2, 0) is 0 Å². The molecule has 2 nitrogen and oxygen atoms in total. The number of aliphatic hydroxyl groups is 1. The monoisotopic (exact) mass is 199 g/mol. The van der Waals surface area contributed by atoms with Crippen molar-refractivity contribution in [3.05, 3.63) is 22.4 Å². The first-order chi connectivity index (χ1) is 6.05. The highest BCUT2D eigenvalue weighted by molar-refractivity contribution is 7.10. The minimum Gasteiger partial charge on any atom is -0.396 e. The highest BCUT2D eigenvalue weighted by Crippen LogP contribution is 2.32. The molecule has 0 saturated carbocycles. The van der Waals surface area contributed by atoms with Crippen molar-refractivity contribution in [2.24, 2.45) is 5.73 Å². The normalized spacial score (nSPS) is 14.5. The Morgan fingerprint density at radius 2 is 2.31 bits per heavy atom. The van der Waals surface area contributed by atoms with E-state index in [-0.39, 0.29) is 18.1 Å². The van der Waals surface area contributed by atoms with Gasteiger partial charge < -0.3 is 10.8 Å². The fourth-order valence-corrected chi connectivity index (χ4v) is 2.56. The molecule has 0 aliphatic rings. The lowest BCUT2D eigenvalue weighted by atomic mass is 9.85. The van der Waals surface area contributed by atoms with Crippen molar-refractivity contribution in [1.29, 1.82) is 0 Å². The standard InChI is InChI=1S/C10H17NOS/c1-10(2,11)8(5-6-12)9-4-3-7-13-9/h3-4,7-8,12H,5-6,11H2,1-2H3. The van der Waals surface area contributed by atoms with Crippen LogP contribution in [0, 0.1) is 0 Å². The Balaban J connectivity index is 2.81. The van der Waals surface area contributed by atoms with Crippen LogP contribution in [-0.4, -0.2) is 17.3 Å². The van der Waals surface area contributed by atoms with Gasteiger partial charge in [-0.15, -0.1) is 11.3 Å². The summed E-state index contributed by atoms with van der Waals surface area (Å²) in [4.78, 5) is 1.27. The topological polar surface area (TPSA) is 46.2 Å². The molecule has 0 bridgehead atoms. The van der Waals surface area contributed by atoms with Crippen LogP contribution >= 0.6 is 11.3 Å². The molecule has 1 unspecified atom stereocenters. The predicted octanol–water partition coefficient (Wildman–Crippen LogP) is 1.95. The Kier molecular flexibility index (Phi) is 3.47. The Morgan fingerprint density at radius 1 is 1.62 bits per heavy atom. The first-order valence-corrected chi connectivity index (χ1v) is 5.37. The maximum atomic E-state index is 8.95. The maximum Gasteiger partial charge on any atom is 0.0437 e. The Morgan fingerprint density at radius 3 is 2.69 bits per heavy atom. The van der Waals surface area contributed by atoms with Crippen LogP contribution in [0.4, 0.5) is 0 Å². The minimum atomic E-state index is -0.256. The number of nitrogens with two attached hydrogens (primary N) is 1. The van der Waals surface area contributed by atoms with Crippen molar-refractivity contribution in [3.8, 4) is 0 Å². The smallest absolute Gasteiger partial charge is 0.0437 e. The van der Waals surface area contributed by atoms with E-state index in [0.717, 1.165) is 6.42 Å². The molecule has 0 fully saturated rings. The lowest BCUT2D eigenvalue weighted by molar-refractivity contribution is 0.251. The summed E-state index contributed by atoms with van der Waals surface area (Å²) in [6, 6.07) is 4.11. The summed E-state index contributed by atoms with van der Waals surface area (Å²) in [6.45, 7) is 4.21. The van der Waals surface area contributed by atoms with Crippen molar-refractivity contribution in [2.75, 3.05) is 6.61 Å². The average Bonchev–Trinajstić information content (AvgIpc) is 2.49. The number of rotatable bonds is 4. The maximum absolute atomic E-state index is 8.95. The molecule has 0 aliphatic carbocycles. The summed E-state index contributed by atoms with van der Waals surface area (Å²) in [5, 5.41) is 11.0. The highest BCUT2D eigenvalue weighted by Gasteiger charge is 2.26. The molecule has 3 N–H and O–H groups in total. The van der Waals surface area contributed by atoms with Crippen molar-refractivity contribution in [2.45, 2.75) is 31.7 Å². The van der Waals surface area contributed by atoms with Gasteiger partial charge in [-0.3, -0.25) is 0 Å². The predicted molar refractivity (Wildman–Crippen MR) is 57.0 cm³/mol. The van der Waals surface area contributed by atoms with E-state index in [1.165, 1.54) is 4.88 Å². The molecule has 0 spiro atoms. The molecule has 0 aliphatic heterocycles. The summed E-state index contributed by atoms with van der Waals surface area (Å²) in [5.74, 6) is 0.262. The van der Waals surface area contributed by atoms with Gasteiger partial charge >= 0.3 is 0 Å². The van der Waals surface area contributed by atoms with Crippen LogP contribution in [0.25, 0.3) is 0 Å². The van der Waals surface area contributed by atoms with E-state index in [1.807, 2.05) is 25.3 Å². The van der Waals surface area contributed by atoms with Crippen LogP contribution < -0.4 is 5.73 Å². The molecule has 1 aromatic heterocycles. The Hall–Kier alpha value is -0.380. The second kappa shape index (κ2) is 4.22. The molecular weight excluding hydrogens is 182 g/mol. The van der Waals surface area contributed by atoms with E-state index >= 15 is 0 Å². The summed E-state index contributed by atoms with van der Waals surface area (Å²) in [7, 11) is 0. The van der Waals surface area contributed by atoms with Crippen molar-refractivity contribution in [1.82, 2.24) is 0 Å². The number of hydrogen-bond acceptors (Lipinski definition) is 3. The Labute approximate surface area is 83.4 Å². The van der Waals surface area contributed by atoms with Crippen LogP contribution in [0.3, 0.4) is 0 Å². The van der Waals surface area contributed by atoms with Gasteiger partial charge in [0.15, 0.2) is 0 Å². The molecule has 0 radical (unpaired) electrons. The molecule has 0 amide bonds. The van der Waals surface area contributed by atoms with Gasteiger partial charge in [-0.2, -0.15) is 0 Å². The van der Waals surface area contributed by atoms with Crippen LogP contribution in [0.5, 0.6) is 0 Å². The first kappa shape index (κ1) is 10.7. The molecular formula is C10H17NOS. The zero-order valence-electron chi connectivity index (χ0n) is 8.16. The fourth-order valence-electron chi connectivity index (χ4n) is 1.50. The largest absolute Gasteiger partial charge is 0.396 e. The van der Waals surface area contributed by atoms with E-state index in [0.29, 0.717) is 0 Å². The van der Waals surface area contributed by atoms with Gasteiger partial charge in [-0.1, -0.05) is 6.07 Å². The highest BCUT2D eigenvalue weighted by atomic mass is 32.1. The lowest BCUT2D eigenvalue weighted by Crippen LogP contribution is -2.39. The lowest BCUT2D eigenvalue weighted by Gasteiger charge is -2.29. The second-order valence-corrected chi connectivity index (χ2v) is 4.88. The summed E-state index contributed by atoms with van der Waals surface area (Å²) in [6.07, 6.45) is 0.740. The third-order valence-electron chi connectivity index (χ3n) is 2.20. The molecule has 74 valence electrons. The van der Waals surface area contributed by atoms with Crippen molar-refractivity contribution >= 4 is 11.3 Å². The second-order valence-electron chi connectivity index (χ2n) is 3.90. The fraction of sp³-hybridized carbons (Fsp3) is 0.600. The van der Waals surface area contributed by atoms with Gasteiger partial charge in [0.1, 0.15) is 0 Å². The van der Waals surface area contributed by atoms with E-state index in [1.54, 1.807) is 11.3 Å². The molecule has 13 heavy (non-hydrogen) atoms. The van der Waals surface area contributed by atoms with Crippen LogP contribution in [0.15, 0.2) is 17.5 Å². The zero-order valence-corrected chi connectivity index (χ0v) is 8.97. The summed E-state index contributed by atoms with van der Waals surface area (Å²) < 4.78 is 0. The molecule has 1 rings (SSSR count). The van der Waals surface area contributed by atoms with E-state index in [4.69, 9.17) is 10.8 Å². The van der Waals surface area contributed by atoms with Gasteiger partial charge in [-0.25, -0.2) is 0 Å². The molecule has 3 heteroatoms. The Bertz CT molecular complexity index is 238. The molecule has 1 heterocycles. The molecule has 0 saturated heterocycles. The van der Waals surface area contributed by atoms with E-state index in [9.17, 15) is 0 Å². The van der Waals surface area contributed by atoms with Gasteiger partial charge in [0.2, 0.25) is 0 Å². The minimum absolute atomic E-state index is 0.198. The quantitative estimate of drug-likeness (QED) is 0.778. The van der Waals surface area contributed by atoms with E-state index < -0.39 is 0 Å². The van der Waals surface area contributed by atoms with Gasteiger partial charge in [0, 0.05) is 22.9 Å². The van der Waals surface area contributed by atoms with Crippen molar-refractivity contribution in [3.63, 3.8) is 0 Å². The van der Waals surface area contributed by atoms with Gasteiger partial charge in [-0.05, 0) is 31.7 Å². The summed E-state index contributed by atoms with van der Waals surface area (Å²) >= 11 is 1.71.